The zero-order chi connectivity index (χ0) is 30.7. The number of nitrogens with one attached hydrogen (secondary N) is 2. The molecule has 43 heavy (non-hydrogen) atoms. The summed E-state index contributed by atoms with van der Waals surface area (Å²) in [7, 11) is -8.34. The van der Waals surface area contributed by atoms with Crippen molar-refractivity contribution in [3.05, 3.63) is 100.0 Å². The van der Waals surface area contributed by atoms with Crippen molar-refractivity contribution in [2.75, 3.05) is 5.32 Å². The fourth-order valence-electron chi connectivity index (χ4n) is 5.50. The molecule has 0 aliphatic carbocycles. The maximum absolute atomic E-state index is 13.2. The van der Waals surface area contributed by atoms with Gasteiger partial charge in [0.2, 0.25) is 20.0 Å². The second-order valence-corrected chi connectivity index (χ2v) is 14.1. The van der Waals surface area contributed by atoms with Crippen LogP contribution in [0.25, 0.3) is 22.3 Å². The molecule has 5 aromatic rings. The standard InChI is InChI=1S/C30H29ClN6O4S2/c1-4-27-35-28-17(2)13-18(3)33-30(28)37(27)16-19-9-11-20(12-10-19)21-7-5-6-8-22(21)29-34-24-14-23(31)25(42(32,38)39)15-26(24)43(40,41)36-29/h5-15,29,34,36H,4,16H2,1-3H3,(H2,32,38,39). The summed E-state index contributed by atoms with van der Waals surface area (Å²) in [5.41, 5.74) is 7.47. The van der Waals surface area contributed by atoms with Crippen LogP contribution in [0.1, 0.15) is 41.3 Å². The third-order valence-electron chi connectivity index (χ3n) is 7.50. The van der Waals surface area contributed by atoms with E-state index >= 15 is 0 Å². The first kappa shape index (κ1) is 29.3. The zero-order valence-corrected chi connectivity index (χ0v) is 26.0. The molecule has 1 unspecified atom stereocenters. The average molecular weight is 637 g/mol. The normalized spacial score (nSPS) is 16.2. The minimum absolute atomic E-state index is 0.171. The lowest BCUT2D eigenvalue weighted by molar-refractivity contribution is 0.562. The Morgan fingerprint density at radius 3 is 2.44 bits per heavy atom. The van der Waals surface area contributed by atoms with Gasteiger partial charge in [-0.05, 0) is 59.9 Å². The molecule has 0 radical (unpaired) electrons. The Morgan fingerprint density at radius 2 is 1.74 bits per heavy atom. The Balaban J connectivity index is 1.33. The number of benzene rings is 3. The molecule has 10 nitrogen and oxygen atoms in total. The third-order valence-corrected chi connectivity index (χ3v) is 10.3. The minimum Gasteiger partial charge on any atom is -0.364 e. The summed E-state index contributed by atoms with van der Waals surface area (Å²) in [5.74, 6) is 0.970. The van der Waals surface area contributed by atoms with Crippen LogP contribution in [0.4, 0.5) is 5.69 Å². The van der Waals surface area contributed by atoms with Gasteiger partial charge in [0.1, 0.15) is 27.3 Å². The van der Waals surface area contributed by atoms with E-state index in [9.17, 15) is 16.8 Å². The van der Waals surface area contributed by atoms with Crippen molar-refractivity contribution < 1.29 is 16.8 Å². The monoisotopic (exact) mass is 636 g/mol. The third kappa shape index (κ3) is 5.41. The smallest absolute Gasteiger partial charge is 0.244 e. The van der Waals surface area contributed by atoms with Gasteiger partial charge in [0.15, 0.2) is 5.65 Å². The number of aromatic nitrogens is 3. The van der Waals surface area contributed by atoms with Crippen molar-refractivity contribution in [1.29, 1.82) is 0 Å². The van der Waals surface area contributed by atoms with Crippen molar-refractivity contribution in [3.8, 4) is 11.1 Å². The van der Waals surface area contributed by atoms with Crippen molar-refractivity contribution in [2.24, 2.45) is 5.14 Å². The quantitative estimate of drug-likeness (QED) is 0.237. The van der Waals surface area contributed by atoms with Gasteiger partial charge in [0.25, 0.3) is 0 Å². The summed E-state index contributed by atoms with van der Waals surface area (Å²) in [6, 6.07) is 19.8. The lowest BCUT2D eigenvalue weighted by Gasteiger charge is -2.30. The van der Waals surface area contributed by atoms with Gasteiger partial charge in [-0.2, -0.15) is 4.72 Å². The molecule has 0 saturated carbocycles. The van der Waals surface area contributed by atoms with Crippen LogP contribution in [0, 0.1) is 13.8 Å². The molecule has 0 saturated heterocycles. The predicted octanol–water partition coefficient (Wildman–Crippen LogP) is 5.03. The van der Waals surface area contributed by atoms with Crippen molar-refractivity contribution in [1.82, 2.24) is 19.3 Å². The lowest BCUT2D eigenvalue weighted by atomic mass is 9.97. The number of anilines is 1. The first-order valence-electron chi connectivity index (χ1n) is 13.5. The number of rotatable bonds is 6. The Labute approximate surface area is 255 Å². The average Bonchev–Trinajstić information content (AvgIpc) is 3.29. The molecular weight excluding hydrogens is 608 g/mol. The Bertz CT molecular complexity index is 2130. The van der Waals surface area contributed by atoms with Crippen LogP contribution in [-0.2, 0) is 33.0 Å². The fraction of sp³-hybridized carbons (Fsp3) is 0.200. The number of hydrogen-bond donors (Lipinski definition) is 3. The number of hydrogen-bond acceptors (Lipinski definition) is 7. The van der Waals surface area contributed by atoms with E-state index < -0.39 is 31.1 Å². The number of fused-ring (bicyclic) bond motifs is 2. The number of imidazole rings is 1. The first-order valence-corrected chi connectivity index (χ1v) is 16.9. The van der Waals surface area contributed by atoms with Crippen LogP contribution in [-0.4, -0.2) is 31.4 Å². The number of nitrogens with two attached hydrogens (primary N) is 1. The van der Waals surface area contributed by atoms with E-state index in [0.29, 0.717) is 12.1 Å². The molecular formula is C30H29ClN6O4S2. The van der Waals surface area contributed by atoms with Gasteiger partial charge in [-0.1, -0.05) is 67.1 Å². The van der Waals surface area contributed by atoms with Gasteiger partial charge in [0, 0.05) is 12.1 Å². The van der Waals surface area contributed by atoms with Gasteiger partial charge in [-0.3, -0.25) is 0 Å². The molecule has 13 heteroatoms. The number of sulfonamides is 2. The van der Waals surface area contributed by atoms with E-state index in [1.165, 1.54) is 6.07 Å². The van der Waals surface area contributed by atoms with Crippen LogP contribution in [0.15, 0.2) is 76.5 Å². The highest BCUT2D eigenvalue weighted by Crippen LogP contribution is 2.38. The first-order chi connectivity index (χ1) is 20.4. The van der Waals surface area contributed by atoms with Gasteiger partial charge in [0.05, 0.1) is 17.3 Å². The molecule has 3 heterocycles. The van der Waals surface area contributed by atoms with Crippen LogP contribution in [0.3, 0.4) is 0 Å². The van der Waals surface area contributed by atoms with Crippen molar-refractivity contribution >= 4 is 48.5 Å². The molecule has 1 atom stereocenters. The van der Waals surface area contributed by atoms with Crippen LogP contribution >= 0.6 is 11.6 Å². The predicted molar refractivity (Wildman–Crippen MR) is 167 cm³/mol. The number of halogens is 1. The van der Waals surface area contributed by atoms with E-state index in [-0.39, 0.29) is 15.6 Å². The molecule has 0 fully saturated rings. The molecule has 1 aliphatic rings. The van der Waals surface area contributed by atoms with E-state index in [2.05, 4.69) is 28.5 Å². The highest BCUT2D eigenvalue weighted by Gasteiger charge is 2.33. The fourth-order valence-corrected chi connectivity index (χ4v) is 7.98. The number of nitrogens with zero attached hydrogens (tertiary/aromatic N) is 3. The number of primary sulfonamides is 1. The van der Waals surface area contributed by atoms with Crippen LogP contribution < -0.4 is 15.2 Å². The van der Waals surface area contributed by atoms with Gasteiger partial charge in [-0.15, -0.1) is 0 Å². The lowest BCUT2D eigenvalue weighted by Crippen LogP contribution is -2.38. The highest BCUT2D eigenvalue weighted by molar-refractivity contribution is 7.90. The molecule has 0 spiro atoms. The molecule has 222 valence electrons. The summed E-state index contributed by atoms with van der Waals surface area (Å²) in [6.45, 7) is 6.73. The Hall–Kier alpha value is -3.81. The maximum atomic E-state index is 13.2. The summed E-state index contributed by atoms with van der Waals surface area (Å²) in [5, 5.41) is 8.20. The summed E-state index contributed by atoms with van der Waals surface area (Å²) in [4.78, 5) is 8.90. The molecule has 0 amide bonds. The molecule has 4 N–H and O–H groups in total. The van der Waals surface area contributed by atoms with E-state index in [1.54, 1.807) is 0 Å². The van der Waals surface area contributed by atoms with Crippen molar-refractivity contribution in [2.45, 2.75) is 49.7 Å². The van der Waals surface area contributed by atoms with Gasteiger partial charge >= 0.3 is 0 Å². The molecule has 1 aliphatic heterocycles. The summed E-state index contributed by atoms with van der Waals surface area (Å²) in [6.07, 6.45) is -0.0609. The number of aryl methyl sites for hydroxylation is 3. The van der Waals surface area contributed by atoms with Crippen LogP contribution in [0.2, 0.25) is 5.02 Å². The zero-order valence-electron chi connectivity index (χ0n) is 23.6. The van der Waals surface area contributed by atoms with Gasteiger partial charge in [-0.25, -0.2) is 31.9 Å². The van der Waals surface area contributed by atoms with E-state index in [0.717, 1.165) is 57.4 Å². The van der Waals surface area contributed by atoms with Crippen molar-refractivity contribution in [3.63, 3.8) is 0 Å². The second kappa shape index (κ2) is 10.7. The summed E-state index contributed by atoms with van der Waals surface area (Å²) >= 11 is 6.17. The SMILES string of the molecule is CCc1nc2c(C)cc(C)nc2n1Cc1ccc(-c2ccccc2C2Nc3cc(Cl)c(S(N)(=O)=O)cc3S(=O)(=O)N2)cc1. The van der Waals surface area contributed by atoms with Gasteiger partial charge < -0.3 is 9.88 Å². The molecule has 3 aromatic carbocycles. The van der Waals surface area contributed by atoms with E-state index in [1.807, 2.05) is 61.5 Å². The molecule has 2 aromatic heterocycles. The largest absolute Gasteiger partial charge is 0.364 e. The Morgan fingerprint density at radius 1 is 1.02 bits per heavy atom. The Kier molecular flexibility index (Phi) is 7.30. The summed E-state index contributed by atoms with van der Waals surface area (Å²) < 4.78 is 55.1. The molecule has 6 rings (SSSR count). The topological polar surface area (TPSA) is 149 Å². The minimum atomic E-state index is -4.23. The maximum Gasteiger partial charge on any atom is 0.244 e. The second-order valence-electron chi connectivity index (χ2n) is 10.5. The molecule has 0 bridgehead atoms. The highest BCUT2D eigenvalue weighted by atomic mass is 35.5. The van der Waals surface area contributed by atoms with Crippen LogP contribution in [0.5, 0.6) is 0 Å². The number of pyridine rings is 1. The van der Waals surface area contributed by atoms with E-state index in [4.69, 9.17) is 26.7 Å².